The highest BCUT2D eigenvalue weighted by atomic mass is 16.6. The van der Waals surface area contributed by atoms with Gasteiger partial charge in [-0.05, 0) is 36.8 Å². The summed E-state index contributed by atoms with van der Waals surface area (Å²) in [5.41, 5.74) is 1.13. The van der Waals surface area contributed by atoms with Gasteiger partial charge in [-0.25, -0.2) is 4.98 Å². The van der Waals surface area contributed by atoms with Crippen molar-refractivity contribution in [2.75, 3.05) is 42.9 Å². The molecule has 1 aliphatic rings. The lowest BCUT2D eigenvalue weighted by Gasteiger charge is -2.36. The second kappa shape index (κ2) is 8.79. The molecule has 1 unspecified atom stereocenters. The smallest absolute Gasteiger partial charge is 0.292 e. The summed E-state index contributed by atoms with van der Waals surface area (Å²) >= 11 is 0. The summed E-state index contributed by atoms with van der Waals surface area (Å²) in [6.07, 6.45) is 1.81. The fourth-order valence-corrected chi connectivity index (χ4v) is 3.36. The Labute approximate surface area is 158 Å². The molecule has 0 radical (unpaired) electrons. The van der Waals surface area contributed by atoms with Crippen molar-refractivity contribution >= 4 is 17.2 Å². The fraction of sp³-hybridized carbons (Fsp3) is 0.421. The van der Waals surface area contributed by atoms with Gasteiger partial charge in [-0.3, -0.25) is 15.0 Å². The van der Waals surface area contributed by atoms with E-state index in [-0.39, 0.29) is 18.3 Å². The number of piperazine rings is 1. The van der Waals surface area contributed by atoms with E-state index in [2.05, 4.69) is 20.1 Å². The summed E-state index contributed by atoms with van der Waals surface area (Å²) < 4.78 is 0. The highest BCUT2D eigenvalue weighted by Gasteiger charge is 2.21. The molecule has 0 amide bonds. The minimum atomic E-state index is -0.401. The highest BCUT2D eigenvalue weighted by Crippen LogP contribution is 2.26. The summed E-state index contributed by atoms with van der Waals surface area (Å²) in [6, 6.07) is 10.6. The van der Waals surface area contributed by atoms with E-state index >= 15 is 0 Å². The maximum atomic E-state index is 11.2. The second-order valence-electron chi connectivity index (χ2n) is 6.79. The maximum absolute atomic E-state index is 11.2. The molecule has 8 nitrogen and oxygen atoms in total. The molecule has 0 bridgehead atoms. The second-order valence-corrected chi connectivity index (χ2v) is 6.79. The van der Waals surface area contributed by atoms with Crippen molar-refractivity contribution in [3.05, 3.63) is 58.3 Å². The molecule has 1 aromatic carbocycles. The van der Waals surface area contributed by atoms with E-state index in [0.717, 1.165) is 38.5 Å². The predicted octanol–water partition coefficient (Wildman–Crippen LogP) is 2.10. The molecule has 1 aliphatic heterocycles. The van der Waals surface area contributed by atoms with Crippen molar-refractivity contribution in [3.8, 4) is 0 Å². The minimum Gasteiger partial charge on any atom is -0.392 e. The average molecular weight is 371 g/mol. The molecule has 2 aromatic rings. The molecule has 2 heterocycles. The van der Waals surface area contributed by atoms with E-state index in [1.807, 2.05) is 25.1 Å². The molecule has 2 N–H and O–H groups in total. The standard InChI is InChI=1S/C19H25N5O3/c1-15(21-17-12-16(14-25)5-6-18(17)24(26)27)13-22-8-10-23(11-9-22)19-4-2-3-7-20-19/h2-7,12,15,21,25H,8-11,13-14H2,1H3. The van der Waals surface area contributed by atoms with Gasteiger partial charge in [0, 0.05) is 51.0 Å². The van der Waals surface area contributed by atoms with Crippen LogP contribution < -0.4 is 10.2 Å². The number of anilines is 2. The van der Waals surface area contributed by atoms with Crippen LogP contribution in [-0.2, 0) is 6.61 Å². The van der Waals surface area contributed by atoms with Gasteiger partial charge in [0.2, 0.25) is 0 Å². The van der Waals surface area contributed by atoms with Crippen molar-refractivity contribution < 1.29 is 10.0 Å². The number of nitro groups is 1. The van der Waals surface area contributed by atoms with Crippen LogP contribution in [0.3, 0.4) is 0 Å². The fourth-order valence-electron chi connectivity index (χ4n) is 3.36. The van der Waals surface area contributed by atoms with Gasteiger partial charge >= 0.3 is 0 Å². The van der Waals surface area contributed by atoms with Crippen molar-refractivity contribution in [3.63, 3.8) is 0 Å². The summed E-state index contributed by atoms with van der Waals surface area (Å²) in [6.45, 7) is 6.31. The first-order valence-electron chi connectivity index (χ1n) is 9.10. The summed E-state index contributed by atoms with van der Waals surface area (Å²) in [4.78, 5) is 19.9. The van der Waals surface area contributed by atoms with Crippen molar-refractivity contribution in [2.45, 2.75) is 19.6 Å². The maximum Gasteiger partial charge on any atom is 0.292 e. The molecular weight excluding hydrogens is 346 g/mol. The van der Waals surface area contributed by atoms with Crippen LogP contribution in [0, 0.1) is 10.1 Å². The Morgan fingerprint density at radius 1 is 1.26 bits per heavy atom. The number of aliphatic hydroxyl groups is 1. The molecule has 3 rings (SSSR count). The lowest BCUT2D eigenvalue weighted by Crippen LogP contribution is -2.49. The number of pyridine rings is 1. The van der Waals surface area contributed by atoms with Gasteiger partial charge in [0.15, 0.2) is 0 Å². The van der Waals surface area contributed by atoms with Crippen molar-refractivity contribution in [1.82, 2.24) is 9.88 Å². The molecule has 1 atom stereocenters. The first kappa shape index (κ1) is 19.1. The van der Waals surface area contributed by atoms with Gasteiger partial charge in [-0.1, -0.05) is 6.07 Å². The Balaban J connectivity index is 1.56. The lowest BCUT2D eigenvalue weighted by molar-refractivity contribution is -0.384. The largest absolute Gasteiger partial charge is 0.392 e. The Kier molecular flexibility index (Phi) is 6.20. The molecule has 1 fully saturated rings. The number of rotatable bonds is 7. The van der Waals surface area contributed by atoms with Crippen LogP contribution in [0.1, 0.15) is 12.5 Å². The Hall–Kier alpha value is -2.71. The van der Waals surface area contributed by atoms with Crippen molar-refractivity contribution in [1.29, 1.82) is 0 Å². The predicted molar refractivity (Wildman–Crippen MR) is 105 cm³/mol. The molecule has 27 heavy (non-hydrogen) atoms. The average Bonchev–Trinajstić information content (AvgIpc) is 2.69. The van der Waals surface area contributed by atoms with E-state index in [9.17, 15) is 15.2 Å². The highest BCUT2D eigenvalue weighted by molar-refractivity contribution is 5.63. The van der Waals surface area contributed by atoms with Crippen LogP contribution in [0.15, 0.2) is 42.6 Å². The number of aliphatic hydroxyl groups excluding tert-OH is 1. The zero-order valence-electron chi connectivity index (χ0n) is 15.4. The van der Waals surface area contributed by atoms with Gasteiger partial charge in [-0.2, -0.15) is 0 Å². The van der Waals surface area contributed by atoms with Crippen molar-refractivity contribution in [2.24, 2.45) is 0 Å². The molecule has 0 spiro atoms. The summed E-state index contributed by atoms with van der Waals surface area (Å²) in [5.74, 6) is 1.000. The van der Waals surface area contributed by atoms with E-state index in [1.54, 1.807) is 18.3 Å². The normalized spacial score (nSPS) is 16.1. The number of nitro benzene ring substituents is 1. The van der Waals surface area contributed by atoms with Crippen LogP contribution in [0.4, 0.5) is 17.2 Å². The quantitative estimate of drug-likeness (QED) is 0.568. The number of hydrogen-bond donors (Lipinski definition) is 2. The van der Waals surface area contributed by atoms with Crippen LogP contribution in [-0.4, -0.2) is 58.7 Å². The number of hydrogen-bond acceptors (Lipinski definition) is 7. The Morgan fingerprint density at radius 3 is 2.67 bits per heavy atom. The van der Waals surface area contributed by atoms with E-state index in [0.29, 0.717) is 11.3 Å². The van der Waals surface area contributed by atoms with E-state index in [4.69, 9.17) is 0 Å². The zero-order chi connectivity index (χ0) is 19.2. The van der Waals surface area contributed by atoms with Crippen LogP contribution in [0.5, 0.6) is 0 Å². The van der Waals surface area contributed by atoms with Gasteiger partial charge in [0.05, 0.1) is 11.5 Å². The van der Waals surface area contributed by atoms with Gasteiger partial charge < -0.3 is 15.3 Å². The molecule has 1 aromatic heterocycles. The van der Waals surface area contributed by atoms with Crippen LogP contribution in [0.25, 0.3) is 0 Å². The first-order chi connectivity index (χ1) is 13.1. The number of benzene rings is 1. The molecule has 1 saturated heterocycles. The molecular formula is C19H25N5O3. The third kappa shape index (κ3) is 4.93. The van der Waals surface area contributed by atoms with Gasteiger partial charge in [0.25, 0.3) is 5.69 Å². The summed E-state index contributed by atoms with van der Waals surface area (Å²) in [5, 5.41) is 23.8. The van der Waals surface area contributed by atoms with E-state index < -0.39 is 4.92 Å². The lowest BCUT2D eigenvalue weighted by atomic mass is 10.1. The zero-order valence-corrected chi connectivity index (χ0v) is 15.4. The number of nitrogens with one attached hydrogen (secondary N) is 1. The molecule has 144 valence electrons. The topological polar surface area (TPSA) is 94.8 Å². The van der Waals surface area contributed by atoms with Crippen LogP contribution >= 0.6 is 0 Å². The molecule has 8 heteroatoms. The SMILES string of the molecule is CC(CN1CCN(c2ccccn2)CC1)Nc1cc(CO)ccc1[N+](=O)[O-]. The van der Waals surface area contributed by atoms with Gasteiger partial charge in [-0.15, -0.1) is 0 Å². The molecule has 0 saturated carbocycles. The molecule has 0 aliphatic carbocycles. The Bertz CT molecular complexity index is 763. The third-order valence-electron chi connectivity index (χ3n) is 4.72. The van der Waals surface area contributed by atoms with E-state index in [1.165, 1.54) is 6.07 Å². The number of aromatic nitrogens is 1. The minimum absolute atomic E-state index is 0.0269. The first-order valence-corrected chi connectivity index (χ1v) is 9.10. The monoisotopic (exact) mass is 371 g/mol. The van der Waals surface area contributed by atoms with Gasteiger partial charge in [0.1, 0.15) is 11.5 Å². The third-order valence-corrected chi connectivity index (χ3v) is 4.72. The number of nitrogens with zero attached hydrogens (tertiary/aromatic N) is 4. The van der Waals surface area contributed by atoms with Crippen LogP contribution in [0.2, 0.25) is 0 Å². The Morgan fingerprint density at radius 2 is 2.04 bits per heavy atom. The summed E-state index contributed by atoms with van der Waals surface area (Å²) in [7, 11) is 0.